The molecule has 2 aromatic rings. The summed E-state index contributed by atoms with van der Waals surface area (Å²) >= 11 is 0. The highest BCUT2D eigenvalue weighted by Gasteiger charge is 2.32. The van der Waals surface area contributed by atoms with Gasteiger partial charge < -0.3 is 5.32 Å². The molecule has 1 fully saturated rings. The molecule has 23 heavy (non-hydrogen) atoms. The van der Waals surface area contributed by atoms with Crippen LogP contribution in [0.3, 0.4) is 0 Å². The first kappa shape index (κ1) is 15.5. The van der Waals surface area contributed by atoms with Crippen molar-refractivity contribution in [2.24, 2.45) is 7.05 Å². The van der Waals surface area contributed by atoms with E-state index in [1.165, 1.54) is 16.8 Å². The lowest BCUT2D eigenvalue weighted by Gasteiger charge is -2.22. The Balaban J connectivity index is 1.87. The quantitative estimate of drug-likeness (QED) is 0.691. The standard InChI is InChI=1S/C16H19FN4O2/c1-10-15(21(22)23)16(20(2)19-10)18-14-5-3-4-13(14)11-6-8-12(17)9-7-11/h6-9,13-14,18H,3-5H2,1-2H3. The smallest absolute Gasteiger partial charge is 0.333 e. The van der Waals surface area contributed by atoms with Crippen molar-refractivity contribution in [3.63, 3.8) is 0 Å². The highest BCUT2D eigenvalue weighted by molar-refractivity contribution is 5.60. The normalized spacial score (nSPS) is 20.7. The molecule has 1 N–H and O–H groups in total. The van der Waals surface area contributed by atoms with Crippen LogP contribution in [-0.4, -0.2) is 20.7 Å². The molecule has 0 spiro atoms. The minimum absolute atomic E-state index is 0.0252. The van der Waals surface area contributed by atoms with Crippen LogP contribution in [-0.2, 0) is 7.05 Å². The molecule has 0 saturated heterocycles. The van der Waals surface area contributed by atoms with E-state index in [1.807, 2.05) is 0 Å². The maximum absolute atomic E-state index is 13.1. The summed E-state index contributed by atoms with van der Waals surface area (Å²) in [6, 6.07) is 6.59. The van der Waals surface area contributed by atoms with E-state index < -0.39 is 4.92 Å². The van der Waals surface area contributed by atoms with Gasteiger partial charge in [-0.05, 0) is 37.5 Å². The third kappa shape index (κ3) is 2.91. The second kappa shape index (κ2) is 5.98. The molecule has 0 bridgehead atoms. The number of benzene rings is 1. The van der Waals surface area contributed by atoms with E-state index in [-0.39, 0.29) is 23.5 Å². The maximum atomic E-state index is 13.1. The fourth-order valence-electron chi connectivity index (χ4n) is 3.44. The molecule has 0 radical (unpaired) electrons. The first-order valence-electron chi connectivity index (χ1n) is 7.67. The zero-order chi connectivity index (χ0) is 16.6. The summed E-state index contributed by atoms with van der Waals surface area (Å²) in [6.45, 7) is 1.63. The second-order valence-corrected chi connectivity index (χ2v) is 6.00. The number of aromatic nitrogens is 2. The SMILES string of the molecule is Cc1nn(C)c(NC2CCCC2c2ccc(F)cc2)c1[N+](=O)[O-]. The van der Waals surface area contributed by atoms with E-state index in [9.17, 15) is 14.5 Å². The Bertz CT molecular complexity index is 726. The molecule has 1 saturated carbocycles. The van der Waals surface area contributed by atoms with Crippen molar-refractivity contribution >= 4 is 11.5 Å². The van der Waals surface area contributed by atoms with E-state index >= 15 is 0 Å². The van der Waals surface area contributed by atoms with E-state index in [4.69, 9.17) is 0 Å². The van der Waals surface area contributed by atoms with Crippen molar-refractivity contribution in [3.05, 3.63) is 51.5 Å². The molecule has 7 heteroatoms. The molecular formula is C16H19FN4O2. The first-order valence-corrected chi connectivity index (χ1v) is 7.67. The first-order chi connectivity index (χ1) is 11.0. The van der Waals surface area contributed by atoms with Crippen LogP contribution in [0.15, 0.2) is 24.3 Å². The Kier molecular flexibility index (Phi) is 4.02. The zero-order valence-electron chi connectivity index (χ0n) is 13.1. The van der Waals surface area contributed by atoms with Gasteiger partial charge in [-0.15, -0.1) is 0 Å². The molecule has 2 unspecified atom stereocenters. The predicted octanol–water partition coefficient (Wildman–Crippen LogP) is 3.52. The monoisotopic (exact) mass is 318 g/mol. The summed E-state index contributed by atoms with van der Waals surface area (Å²) in [5.74, 6) is 0.395. The maximum Gasteiger partial charge on any atom is 0.333 e. The number of nitro groups is 1. The predicted molar refractivity (Wildman–Crippen MR) is 85.0 cm³/mol. The molecule has 122 valence electrons. The lowest BCUT2D eigenvalue weighted by Crippen LogP contribution is -2.24. The average molecular weight is 318 g/mol. The van der Waals surface area contributed by atoms with Gasteiger partial charge in [0, 0.05) is 19.0 Å². The van der Waals surface area contributed by atoms with E-state index in [0.717, 1.165) is 24.8 Å². The average Bonchev–Trinajstić information content (AvgIpc) is 3.05. The van der Waals surface area contributed by atoms with E-state index in [2.05, 4.69) is 10.4 Å². The summed E-state index contributed by atoms with van der Waals surface area (Å²) in [5, 5.41) is 18.7. The minimum atomic E-state index is -0.396. The number of rotatable bonds is 4. The van der Waals surface area contributed by atoms with Crippen LogP contribution in [0.1, 0.15) is 36.4 Å². The van der Waals surface area contributed by atoms with Crippen molar-refractivity contribution in [3.8, 4) is 0 Å². The van der Waals surface area contributed by atoms with Gasteiger partial charge in [0.05, 0.1) is 4.92 Å². The number of hydrogen-bond acceptors (Lipinski definition) is 4. The molecule has 1 aromatic carbocycles. The molecule has 1 aliphatic rings. The molecule has 0 amide bonds. The fraction of sp³-hybridized carbons (Fsp3) is 0.438. The van der Waals surface area contributed by atoms with Crippen molar-refractivity contribution < 1.29 is 9.31 Å². The van der Waals surface area contributed by atoms with Gasteiger partial charge in [-0.25, -0.2) is 9.07 Å². The fourth-order valence-corrected chi connectivity index (χ4v) is 3.44. The Morgan fingerprint density at radius 1 is 1.35 bits per heavy atom. The number of hydrogen-bond donors (Lipinski definition) is 1. The van der Waals surface area contributed by atoms with Crippen LogP contribution in [0, 0.1) is 22.9 Å². The lowest BCUT2D eigenvalue weighted by molar-refractivity contribution is -0.384. The Labute approximate surface area is 133 Å². The Morgan fingerprint density at radius 3 is 2.70 bits per heavy atom. The van der Waals surface area contributed by atoms with Gasteiger partial charge in [0.15, 0.2) is 0 Å². The third-order valence-electron chi connectivity index (χ3n) is 4.51. The Hall–Kier alpha value is -2.44. The summed E-state index contributed by atoms with van der Waals surface area (Å²) in [5.41, 5.74) is 1.48. The molecule has 1 heterocycles. The summed E-state index contributed by atoms with van der Waals surface area (Å²) in [7, 11) is 1.70. The van der Waals surface area contributed by atoms with Crippen molar-refractivity contribution in [1.82, 2.24) is 9.78 Å². The van der Waals surface area contributed by atoms with Crippen LogP contribution in [0.25, 0.3) is 0 Å². The highest BCUT2D eigenvalue weighted by Crippen LogP contribution is 2.38. The van der Waals surface area contributed by atoms with Crippen LogP contribution in [0.2, 0.25) is 0 Å². The summed E-state index contributed by atoms with van der Waals surface area (Å²) in [6.07, 6.45) is 2.93. The topological polar surface area (TPSA) is 73.0 Å². The minimum Gasteiger partial charge on any atom is -0.361 e. The van der Waals surface area contributed by atoms with Gasteiger partial charge >= 0.3 is 5.69 Å². The van der Waals surface area contributed by atoms with Crippen molar-refractivity contribution in [1.29, 1.82) is 0 Å². The number of halogens is 1. The van der Waals surface area contributed by atoms with Gasteiger partial charge in [0.2, 0.25) is 5.82 Å². The number of nitrogens with zero attached hydrogens (tertiary/aromatic N) is 3. The second-order valence-electron chi connectivity index (χ2n) is 6.00. The van der Waals surface area contributed by atoms with Gasteiger partial charge in [-0.1, -0.05) is 18.6 Å². The molecule has 1 aliphatic carbocycles. The third-order valence-corrected chi connectivity index (χ3v) is 4.51. The highest BCUT2D eigenvalue weighted by atomic mass is 19.1. The molecule has 6 nitrogen and oxygen atoms in total. The van der Waals surface area contributed by atoms with Crippen molar-refractivity contribution in [2.45, 2.75) is 38.1 Å². The van der Waals surface area contributed by atoms with Crippen LogP contribution in [0.5, 0.6) is 0 Å². The van der Waals surface area contributed by atoms with Crippen LogP contribution < -0.4 is 5.32 Å². The molecule has 1 aromatic heterocycles. The Morgan fingerprint density at radius 2 is 2.04 bits per heavy atom. The number of anilines is 1. The number of aryl methyl sites for hydroxylation is 2. The van der Waals surface area contributed by atoms with Gasteiger partial charge in [-0.3, -0.25) is 10.1 Å². The van der Waals surface area contributed by atoms with E-state index in [1.54, 1.807) is 26.1 Å². The number of nitrogens with one attached hydrogen (secondary N) is 1. The summed E-state index contributed by atoms with van der Waals surface area (Å²) < 4.78 is 14.6. The molecule has 2 atom stereocenters. The van der Waals surface area contributed by atoms with Gasteiger partial charge in [0.25, 0.3) is 0 Å². The van der Waals surface area contributed by atoms with Crippen LogP contribution >= 0.6 is 0 Å². The van der Waals surface area contributed by atoms with Crippen molar-refractivity contribution in [2.75, 3.05) is 5.32 Å². The molecule has 0 aliphatic heterocycles. The van der Waals surface area contributed by atoms with Crippen LogP contribution in [0.4, 0.5) is 15.9 Å². The van der Waals surface area contributed by atoms with Gasteiger partial charge in [-0.2, -0.15) is 5.10 Å². The largest absolute Gasteiger partial charge is 0.361 e. The van der Waals surface area contributed by atoms with Gasteiger partial charge in [0.1, 0.15) is 11.5 Å². The zero-order valence-corrected chi connectivity index (χ0v) is 13.1. The van der Waals surface area contributed by atoms with E-state index in [0.29, 0.717) is 11.5 Å². The molecule has 3 rings (SSSR count). The lowest BCUT2D eigenvalue weighted by atomic mass is 9.94. The summed E-state index contributed by atoms with van der Waals surface area (Å²) in [4.78, 5) is 10.9. The molecular weight excluding hydrogens is 299 g/mol.